The SMILES string of the molecule is [Se]=P(Oc1cccnc1-c1ncccc1OP(=[Se])(c1ccccc1)c1ccccc1)(c1ccccc1)c1ccccc1. The van der Waals surface area contributed by atoms with Gasteiger partial charge in [-0.3, -0.25) is 0 Å². The van der Waals surface area contributed by atoms with Crippen LogP contribution >= 0.6 is 11.5 Å². The maximum absolute atomic E-state index is 7.01. The van der Waals surface area contributed by atoms with Crippen molar-refractivity contribution < 1.29 is 9.05 Å². The molecule has 0 aliphatic carbocycles. The van der Waals surface area contributed by atoms with Crippen LogP contribution in [-0.2, 0) is 0 Å². The average molecular weight is 714 g/mol. The van der Waals surface area contributed by atoms with E-state index in [0.717, 1.165) is 21.2 Å². The van der Waals surface area contributed by atoms with Crippen molar-refractivity contribution in [2.45, 2.75) is 0 Å². The van der Waals surface area contributed by atoms with Gasteiger partial charge in [0, 0.05) is 0 Å². The van der Waals surface area contributed by atoms with Crippen LogP contribution < -0.4 is 30.3 Å². The first-order valence-corrected chi connectivity index (χ1v) is 21.1. The molecule has 0 spiro atoms. The van der Waals surface area contributed by atoms with Gasteiger partial charge in [-0.2, -0.15) is 0 Å². The number of hydrogen-bond donors (Lipinski definition) is 0. The van der Waals surface area contributed by atoms with Crippen LogP contribution in [0.15, 0.2) is 158 Å². The molecule has 0 radical (unpaired) electrons. The van der Waals surface area contributed by atoms with Crippen LogP contribution in [0.5, 0.6) is 11.5 Å². The molecule has 0 aliphatic heterocycles. The van der Waals surface area contributed by atoms with Gasteiger partial charge in [-0.15, -0.1) is 0 Å². The maximum atomic E-state index is 7.01. The predicted molar refractivity (Wildman–Crippen MR) is 178 cm³/mol. The van der Waals surface area contributed by atoms with Gasteiger partial charge in [-0.1, -0.05) is 0 Å². The van der Waals surface area contributed by atoms with E-state index in [9.17, 15) is 0 Å². The molecule has 0 saturated carbocycles. The summed E-state index contributed by atoms with van der Waals surface area (Å²) in [7, 11) is 0. The molecule has 0 unspecified atom stereocenters. The second kappa shape index (κ2) is 12.9. The third-order valence-electron chi connectivity index (χ3n) is 6.60. The van der Waals surface area contributed by atoms with Crippen LogP contribution in [-0.4, -0.2) is 40.2 Å². The van der Waals surface area contributed by atoms with E-state index in [1.807, 2.05) is 97.1 Å². The van der Waals surface area contributed by atoms with Crippen molar-refractivity contribution >= 4 is 62.9 Å². The van der Waals surface area contributed by atoms with Crippen molar-refractivity contribution in [3.63, 3.8) is 0 Å². The Morgan fingerprint density at radius 2 is 0.667 bits per heavy atom. The van der Waals surface area contributed by atoms with E-state index in [4.69, 9.17) is 19.0 Å². The molecule has 2 aromatic heterocycles. The molecule has 8 heteroatoms. The standard InChI is InChI=1S/C34H26N2O2P2Se2/c41-39(27-15-5-1-6-16-27,28-17-7-2-8-18-28)37-31-23-13-25-35-33(31)34-32(24-14-26-36-34)38-40(42,29-19-9-3-10-20-29)30-21-11-4-12-22-30/h1-26H. The summed E-state index contributed by atoms with van der Waals surface area (Å²) >= 11 is 6.91. The molecule has 4 aromatic carbocycles. The number of pyridine rings is 2. The Labute approximate surface area is 261 Å². The Hall–Kier alpha value is -3.32. The summed E-state index contributed by atoms with van der Waals surface area (Å²) in [5.41, 5.74) is -3.62. The van der Waals surface area contributed by atoms with Crippen LogP contribution in [0.25, 0.3) is 11.4 Å². The molecule has 0 saturated heterocycles. The molecule has 0 fully saturated rings. The van der Waals surface area contributed by atoms with Crippen molar-refractivity contribution in [2.24, 2.45) is 0 Å². The van der Waals surface area contributed by atoms with Crippen molar-refractivity contribution in [1.29, 1.82) is 0 Å². The van der Waals surface area contributed by atoms with Crippen molar-refractivity contribution in [3.8, 4) is 22.9 Å². The van der Waals surface area contributed by atoms with E-state index in [1.54, 1.807) is 12.4 Å². The van der Waals surface area contributed by atoms with Crippen LogP contribution in [0.3, 0.4) is 0 Å². The zero-order valence-electron chi connectivity index (χ0n) is 22.4. The summed E-state index contributed by atoms with van der Waals surface area (Å²) in [5, 5.41) is 4.35. The summed E-state index contributed by atoms with van der Waals surface area (Å²) in [6.07, 6.45) is 3.53. The zero-order valence-corrected chi connectivity index (χ0v) is 27.6. The van der Waals surface area contributed by atoms with Crippen LogP contribution in [0.1, 0.15) is 0 Å². The molecule has 6 rings (SSSR count). The topological polar surface area (TPSA) is 44.2 Å². The summed E-state index contributed by atoms with van der Waals surface area (Å²) in [5.74, 6) is 1.26. The van der Waals surface area contributed by atoms with E-state index in [1.165, 1.54) is 0 Å². The Kier molecular flexibility index (Phi) is 8.84. The van der Waals surface area contributed by atoms with Crippen molar-refractivity contribution in [3.05, 3.63) is 158 Å². The quantitative estimate of drug-likeness (QED) is 0.132. The molecular weight excluding hydrogens is 688 g/mol. The molecule has 42 heavy (non-hydrogen) atoms. The van der Waals surface area contributed by atoms with E-state index in [0.29, 0.717) is 22.9 Å². The van der Waals surface area contributed by atoms with Gasteiger partial charge in [-0.05, 0) is 0 Å². The molecule has 0 amide bonds. The monoisotopic (exact) mass is 716 g/mol. The van der Waals surface area contributed by atoms with Crippen molar-refractivity contribution in [1.82, 2.24) is 9.97 Å². The number of benzene rings is 4. The first-order chi connectivity index (χ1) is 20.6. The second-order valence-corrected chi connectivity index (χ2v) is 20.4. The Morgan fingerprint density at radius 3 is 0.952 bits per heavy atom. The van der Waals surface area contributed by atoms with Gasteiger partial charge in [0.05, 0.1) is 0 Å². The summed E-state index contributed by atoms with van der Waals surface area (Å²) < 4.78 is 14.0. The van der Waals surface area contributed by atoms with Gasteiger partial charge in [0.15, 0.2) is 0 Å². The van der Waals surface area contributed by atoms with Gasteiger partial charge < -0.3 is 0 Å². The Bertz CT molecular complexity index is 1660. The minimum absolute atomic E-state index is 0.618. The van der Waals surface area contributed by atoms with E-state index < -0.39 is 11.5 Å². The first-order valence-electron chi connectivity index (χ1n) is 13.3. The molecule has 4 nitrogen and oxygen atoms in total. The fourth-order valence-electron chi connectivity index (χ4n) is 4.57. The normalized spacial score (nSPS) is 11.5. The van der Waals surface area contributed by atoms with E-state index in [-0.39, 0.29) is 0 Å². The zero-order chi connectivity index (χ0) is 28.8. The van der Waals surface area contributed by atoms with Gasteiger partial charge >= 0.3 is 263 Å². The minimum atomic E-state index is -2.43. The average Bonchev–Trinajstić information content (AvgIpc) is 3.07. The third-order valence-corrected chi connectivity index (χ3v) is 17.7. The number of hydrogen-bond acceptors (Lipinski definition) is 4. The van der Waals surface area contributed by atoms with Gasteiger partial charge in [0.2, 0.25) is 0 Å². The third kappa shape index (κ3) is 5.94. The van der Waals surface area contributed by atoms with E-state index >= 15 is 0 Å². The fourth-order valence-corrected chi connectivity index (χ4v) is 12.8. The Balaban J connectivity index is 1.46. The molecule has 6 aromatic rings. The summed E-state index contributed by atoms with van der Waals surface area (Å²) in [6.45, 7) is 0. The molecule has 0 bridgehead atoms. The number of aromatic nitrogens is 2. The first kappa shape index (κ1) is 28.8. The van der Waals surface area contributed by atoms with E-state index in [2.05, 4.69) is 78.7 Å². The number of rotatable bonds is 9. The number of nitrogens with zero attached hydrogens (tertiary/aromatic N) is 2. The summed E-state index contributed by atoms with van der Waals surface area (Å²) in [6, 6.07) is 48.9. The molecule has 206 valence electrons. The fraction of sp³-hybridized carbons (Fsp3) is 0. The van der Waals surface area contributed by atoms with Gasteiger partial charge in [0.1, 0.15) is 0 Å². The Morgan fingerprint density at radius 1 is 0.381 bits per heavy atom. The molecule has 0 aliphatic rings. The van der Waals surface area contributed by atoms with Gasteiger partial charge in [-0.25, -0.2) is 0 Å². The summed E-state index contributed by atoms with van der Waals surface area (Å²) in [4.78, 5) is 9.59. The van der Waals surface area contributed by atoms with Crippen molar-refractivity contribution in [2.75, 3.05) is 0 Å². The van der Waals surface area contributed by atoms with Crippen LogP contribution in [0.4, 0.5) is 0 Å². The van der Waals surface area contributed by atoms with Gasteiger partial charge in [0.25, 0.3) is 0 Å². The molecular formula is C34H26N2O2P2Se2. The predicted octanol–water partition coefficient (Wildman–Crippen LogP) is 6.24. The second-order valence-electron chi connectivity index (χ2n) is 9.33. The molecule has 2 heterocycles. The molecule has 0 atom stereocenters. The van der Waals surface area contributed by atoms with Crippen LogP contribution in [0, 0.1) is 0 Å². The molecule has 0 N–H and O–H groups in total. The van der Waals surface area contributed by atoms with Crippen LogP contribution in [0.2, 0.25) is 0 Å².